The Labute approximate surface area is 154 Å². The smallest absolute Gasteiger partial charge is 0.283 e. The zero-order valence-corrected chi connectivity index (χ0v) is 14.6. The number of imide groups is 1. The fourth-order valence-corrected chi connectivity index (χ4v) is 2.56. The van der Waals surface area contributed by atoms with Crippen LogP contribution in [0.15, 0.2) is 59.2 Å². The normalized spacial score (nSPS) is 15.0. The molecule has 0 radical (unpaired) electrons. The van der Waals surface area contributed by atoms with Crippen LogP contribution in [-0.4, -0.2) is 34.6 Å². The van der Waals surface area contributed by atoms with Crippen molar-refractivity contribution in [3.05, 3.63) is 75.3 Å². The van der Waals surface area contributed by atoms with E-state index in [1.807, 2.05) is 0 Å². The zero-order valence-electron chi connectivity index (χ0n) is 14.6. The van der Waals surface area contributed by atoms with Gasteiger partial charge in [-0.25, -0.2) is 0 Å². The van der Waals surface area contributed by atoms with Gasteiger partial charge in [-0.15, -0.1) is 0 Å². The highest BCUT2D eigenvalue weighted by atomic mass is 16.6. The Kier molecular flexibility index (Phi) is 4.80. The number of ether oxygens (including phenoxy) is 1. The first-order valence-corrected chi connectivity index (χ1v) is 7.95. The van der Waals surface area contributed by atoms with Gasteiger partial charge in [-0.3, -0.25) is 19.7 Å². The van der Waals surface area contributed by atoms with E-state index >= 15 is 0 Å². The Bertz CT molecular complexity index is 993. The zero-order chi connectivity index (χ0) is 19.6. The Morgan fingerprint density at radius 2 is 1.93 bits per heavy atom. The van der Waals surface area contributed by atoms with E-state index in [1.165, 1.54) is 18.2 Å². The molecule has 27 heavy (non-hydrogen) atoms. The number of nitro benzene ring substituents is 1. The predicted molar refractivity (Wildman–Crippen MR) is 98.4 cm³/mol. The third-order valence-corrected chi connectivity index (χ3v) is 3.99. The van der Waals surface area contributed by atoms with Crippen molar-refractivity contribution in [3.63, 3.8) is 0 Å². The second-order valence-electron chi connectivity index (χ2n) is 5.75. The maximum atomic E-state index is 12.6. The lowest BCUT2D eigenvalue weighted by atomic mass is 10.1. The Hall–Kier alpha value is -3.81. The number of hydrogen-bond donors (Lipinski definition) is 0. The van der Waals surface area contributed by atoms with Crippen molar-refractivity contribution in [2.45, 2.75) is 6.92 Å². The van der Waals surface area contributed by atoms with Gasteiger partial charge in [0, 0.05) is 17.7 Å². The summed E-state index contributed by atoms with van der Waals surface area (Å²) in [7, 11) is 1.56. The minimum Gasteiger partial charge on any atom is -0.497 e. The van der Waals surface area contributed by atoms with Crippen molar-refractivity contribution in [1.82, 2.24) is 5.01 Å². The van der Waals surface area contributed by atoms with Crippen molar-refractivity contribution in [2.75, 3.05) is 7.11 Å². The number of methoxy groups -OCH3 is 1. The van der Waals surface area contributed by atoms with E-state index in [9.17, 15) is 19.7 Å². The number of carbonyl (C=O) groups excluding carboxylic acids is 2. The SMILES string of the molecule is COc1ccc(/C=C2\C(=O)N(C(=O)c3cccc([N+](=O)[O-])c3)N=C2C)cc1. The van der Waals surface area contributed by atoms with Crippen LogP contribution in [0.2, 0.25) is 0 Å². The molecule has 0 atom stereocenters. The average molecular weight is 365 g/mol. The number of hydrazone groups is 1. The summed E-state index contributed by atoms with van der Waals surface area (Å²) in [6.07, 6.45) is 1.63. The first-order valence-electron chi connectivity index (χ1n) is 7.95. The third kappa shape index (κ3) is 3.59. The predicted octanol–water partition coefficient (Wildman–Crippen LogP) is 3.05. The van der Waals surface area contributed by atoms with Crippen LogP contribution < -0.4 is 4.74 Å². The minimum absolute atomic E-state index is 0.0137. The van der Waals surface area contributed by atoms with Crippen LogP contribution in [-0.2, 0) is 4.79 Å². The van der Waals surface area contributed by atoms with Gasteiger partial charge < -0.3 is 4.74 Å². The Morgan fingerprint density at radius 3 is 2.56 bits per heavy atom. The Morgan fingerprint density at radius 1 is 1.22 bits per heavy atom. The number of benzene rings is 2. The summed E-state index contributed by atoms with van der Waals surface area (Å²) in [5, 5.41) is 15.6. The van der Waals surface area contributed by atoms with Gasteiger partial charge in [-0.2, -0.15) is 10.1 Å². The van der Waals surface area contributed by atoms with Crippen LogP contribution in [0, 0.1) is 10.1 Å². The first kappa shape index (κ1) is 18.0. The fourth-order valence-electron chi connectivity index (χ4n) is 2.56. The van der Waals surface area contributed by atoms with Crippen LogP contribution >= 0.6 is 0 Å². The largest absolute Gasteiger partial charge is 0.497 e. The highest BCUT2D eigenvalue weighted by Gasteiger charge is 2.33. The molecule has 8 nitrogen and oxygen atoms in total. The number of carbonyl (C=O) groups is 2. The molecule has 0 saturated heterocycles. The molecule has 0 N–H and O–H groups in total. The molecule has 0 spiro atoms. The second kappa shape index (κ2) is 7.20. The van der Waals surface area contributed by atoms with Crippen LogP contribution in [0.5, 0.6) is 5.75 Å². The lowest BCUT2D eigenvalue weighted by molar-refractivity contribution is -0.384. The van der Waals surface area contributed by atoms with Gasteiger partial charge >= 0.3 is 0 Å². The molecule has 0 aromatic heterocycles. The van der Waals surface area contributed by atoms with Gasteiger partial charge in [0.15, 0.2) is 0 Å². The van der Waals surface area contributed by atoms with Gasteiger partial charge in [0.1, 0.15) is 5.75 Å². The molecule has 2 amide bonds. The average Bonchev–Trinajstić information content (AvgIpc) is 2.96. The van der Waals surface area contributed by atoms with Crippen LogP contribution in [0.1, 0.15) is 22.8 Å². The van der Waals surface area contributed by atoms with Gasteiger partial charge in [0.25, 0.3) is 17.5 Å². The number of nitrogens with zero attached hydrogens (tertiary/aromatic N) is 3. The maximum Gasteiger partial charge on any atom is 0.283 e. The van der Waals surface area contributed by atoms with Gasteiger partial charge in [-0.1, -0.05) is 18.2 Å². The molecule has 1 aliphatic heterocycles. The van der Waals surface area contributed by atoms with E-state index < -0.39 is 16.7 Å². The summed E-state index contributed by atoms with van der Waals surface area (Å²) in [6, 6.07) is 12.2. The van der Waals surface area contributed by atoms with Crippen molar-refractivity contribution in [3.8, 4) is 5.75 Å². The molecule has 0 fully saturated rings. The molecule has 1 aliphatic rings. The van der Waals surface area contributed by atoms with Crippen molar-refractivity contribution >= 4 is 29.3 Å². The number of rotatable bonds is 4. The highest BCUT2D eigenvalue weighted by molar-refractivity contribution is 6.30. The molecular weight excluding hydrogens is 350 g/mol. The second-order valence-corrected chi connectivity index (χ2v) is 5.75. The molecule has 136 valence electrons. The Balaban J connectivity index is 1.88. The molecule has 3 rings (SSSR count). The minimum atomic E-state index is -0.721. The lowest BCUT2D eigenvalue weighted by Crippen LogP contribution is -2.29. The fraction of sp³-hybridized carbons (Fsp3) is 0.105. The number of hydrogen-bond acceptors (Lipinski definition) is 6. The van der Waals surface area contributed by atoms with E-state index in [1.54, 1.807) is 44.4 Å². The molecule has 0 unspecified atom stereocenters. The molecule has 0 aliphatic carbocycles. The topological polar surface area (TPSA) is 102 Å². The molecule has 2 aromatic rings. The number of nitro groups is 1. The molecule has 0 bridgehead atoms. The highest BCUT2D eigenvalue weighted by Crippen LogP contribution is 2.23. The molecule has 0 saturated carbocycles. The van der Waals surface area contributed by atoms with Gasteiger partial charge in [-0.05, 0) is 36.8 Å². The van der Waals surface area contributed by atoms with Crippen molar-refractivity contribution in [1.29, 1.82) is 0 Å². The van der Waals surface area contributed by atoms with E-state index in [2.05, 4.69) is 5.10 Å². The van der Waals surface area contributed by atoms with E-state index in [4.69, 9.17) is 4.74 Å². The lowest BCUT2D eigenvalue weighted by Gasteiger charge is -2.09. The van der Waals surface area contributed by atoms with Gasteiger partial charge in [0.05, 0.1) is 23.3 Å². The van der Waals surface area contributed by atoms with Crippen LogP contribution in [0.3, 0.4) is 0 Å². The summed E-state index contributed by atoms with van der Waals surface area (Å²) < 4.78 is 5.09. The molecule has 2 aromatic carbocycles. The quantitative estimate of drug-likeness (QED) is 0.359. The summed E-state index contributed by atoms with van der Waals surface area (Å²) in [4.78, 5) is 35.5. The first-order chi connectivity index (χ1) is 12.9. The van der Waals surface area contributed by atoms with Crippen LogP contribution in [0.4, 0.5) is 5.69 Å². The van der Waals surface area contributed by atoms with E-state index in [0.717, 1.165) is 16.6 Å². The van der Waals surface area contributed by atoms with E-state index in [-0.39, 0.29) is 16.8 Å². The van der Waals surface area contributed by atoms with Crippen molar-refractivity contribution in [2.24, 2.45) is 5.10 Å². The summed E-state index contributed by atoms with van der Waals surface area (Å²) in [5.41, 5.74) is 1.19. The number of non-ortho nitro benzene ring substituents is 1. The summed E-state index contributed by atoms with van der Waals surface area (Å²) >= 11 is 0. The number of amides is 2. The molecule has 8 heteroatoms. The summed E-state index contributed by atoms with van der Waals surface area (Å²) in [5.74, 6) is -0.622. The van der Waals surface area contributed by atoms with Crippen molar-refractivity contribution < 1.29 is 19.2 Å². The summed E-state index contributed by atoms with van der Waals surface area (Å²) in [6.45, 7) is 1.62. The maximum absolute atomic E-state index is 12.6. The third-order valence-electron chi connectivity index (χ3n) is 3.99. The van der Waals surface area contributed by atoms with E-state index in [0.29, 0.717) is 11.5 Å². The van der Waals surface area contributed by atoms with Gasteiger partial charge in [0.2, 0.25) is 0 Å². The molecule has 1 heterocycles. The monoisotopic (exact) mass is 365 g/mol. The molecular formula is C19H15N3O5. The standard InChI is InChI=1S/C19H15N3O5/c1-12-17(10-13-6-8-16(27-2)9-7-13)19(24)21(20-12)18(23)14-4-3-5-15(11-14)22(25)26/h3-11H,1-2H3/b17-10-. The van der Waals surface area contributed by atoms with Crippen LogP contribution in [0.25, 0.3) is 6.08 Å².